The number of aliphatic hydroxyl groups excluding tert-OH is 1. The predicted octanol–water partition coefficient (Wildman–Crippen LogP) is 4.69. The van der Waals surface area contributed by atoms with Crippen LogP contribution in [-0.4, -0.2) is 43.8 Å². The van der Waals surface area contributed by atoms with Crippen molar-refractivity contribution < 1.29 is 14.6 Å². The zero-order valence-electron chi connectivity index (χ0n) is 20.0. The van der Waals surface area contributed by atoms with E-state index in [0.717, 1.165) is 27.7 Å². The van der Waals surface area contributed by atoms with Crippen LogP contribution >= 0.6 is 11.3 Å². The van der Waals surface area contributed by atoms with E-state index in [1.54, 1.807) is 11.3 Å². The summed E-state index contributed by atoms with van der Waals surface area (Å²) >= 11 is 1.71. The third kappa shape index (κ3) is 4.20. The van der Waals surface area contributed by atoms with Crippen molar-refractivity contribution in [3.05, 3.63) is 63.0 Å². The number of benzene rings is 1. The second-order valence-electron chi connectivity index (χ2n) is 9.39. The van der Waals surface area contributed by atoms with Crippen LogP contribution in [0.4, 0.5) is 0 Å². The average Bonchev–Trinajstić information content (AvgIpc) is 3.28. The zero-order valence-corrected chi connectivity index (χ0v) is 20.9. The maximum Gasteiger partial charge on any atom is 0.308 e. The van der Waals surface area contributed by atoms with E-state index in [2.05, 4.69) is 59.8 Å². The number of hydrogen-bond acceptors (Lipinski definition) is 7. The van der Waals surface area contributed by atoms with Crippen LogP contribution in [0.15, 0.2) is 29.3 Å². The van der Waals surface area contributed by atoms with Gasteiger partial charge in [-0.3, -0.25) is 14.4 Å². The van der Waals surface area contributed by atoms with Crippen molar-refractivity contribution in [2.75, 3.05) is 0 Å². The smallest absolute Gasteiger partial charge is 0.308 e. The van der Waals surface area contributed by atoms with Gasteiger partial charge in [-0.15, -0.1) is 21.5 Å². The quantitative estimate of drug-likeness (QED) is 0.550. The Bertz CT molecular complexity index is 1250. The van der Waals surface area contributed by atoms with Crippen molar-refractivity contribution in [3.8, 4) is 5.00 Å². The number of thiophene rings is 1. The molecule has 0 unspecified atom stereocenters. The first-order valence-corrected chi connectivity index (χ1v) is 12.7. The molecule has 1 aromatic carbocycles. The molecule has 8 heteroatoms. The number of aliphatic imine (C=N–C) groups is 1. The number of fused-ring (bicyclic) bond motifs is 3. The Morgan fingerprint density at radius 3 is 2.50 bits per heavy atom. The summed E-state index contributed by atoms with van der Waals surface area (Å²) in [6.07, 6.45) is 2.40. The number of nitrogens with zero attached hydrogens (tertiary/aromatic N) is 4. The Labute approximate surface area is 203 Å². The Hall–Kier alpha value is -2.84. The molecule has 0 saturated heterocycles. The Morgan fingerprint density at radius 2 is 1.79 bits per heavy atom. The molecule has 1 saturated carbocycles. The van der Waals surface area contributed by atoms with Crippen LogP contribution in [0.25, 0.3) is 5.00 Å². The second-order valence-corrected chi connectivity index (χ2v) is 10.6. The molecular formula is C26H30N4O3S. The van der Waals surface area contributed by atoms with E-state index in [9.17, 15) is 9.90 Å². The van der Waals surface area contributed by atoms with Crippen molar-refractivity contribution in [1.82, 2.24) is 14.8 Å². The standard InChI is InChI=1S/C26H30N4O3S/c1-14-5-7-18(8-6-14)24-23-15(2)16(3)34-26(23)30-17(4)28-29-25(30)21(27-24)13-22(32)33-20-11-9-19(31)10-12-20/h5-8,19-21,31H,9-13H2,1-4H3/t19-,20-,21-/m0/s1. The van der Waals surface area contributed by atoms with E-state index in [-0.39, 0.29) is 24.6 Å². The van der Waals surface area contributed by atoms with Crippen LogP contribution in [0.5, 0.6) is 0 Å². The Morgan fingerprint density at radius 1 is 1.09 bits per heavy atom. The van der Waals surface area contributed by atoms with Gasteiger partial charge in [0.2, 0.25) is 0 Å². The number of ether oxygens (including phenoxy) is 1. The average molecular weight is 479 g/mol. The van der Waals surface area contributed by atoms with Crippen LogP contribution in [-0.2, 0) is 9.53 Å². The lowest BCUT2D eigenvalue weighted by molar-refractivity contribution is -0.152. The number of esters is 1. The first kappa shape index (κ1) is 22.9. The number of hydrogen-bond donors (Lipinski definition) is 1. The van der Waals surface area contributed by atoms with Gasteiger partial charge >= 0.3 is 5.97 Å². The molecule has 2 aromatic heterocycles. The van der Waals surface area contributed by atoms with Gasteiger partial charge in [0.15, 0.2) is 5.82 Å². The normalized spacial score (nSPS) is 21.9. The lowest BCUT2D eigenvalue weighted by atomic mass is 9.95. The van der Waals surface area contributed by atoms with Crippen LogP contribution < -0.4 is 0 Å². The summed E-state index contributed by atoms with van der Waals surface area (Å²) in [5, 5.41) is 19.6. The van der Waals surface area contributed by atoms with Crippen LogP contribution in [0.1, 0.15) is 76.9 Å². The van der Waals surface area contributed by atoms with Crippen molar-refractivity contribution in [3.63, 3.8) is 0 Å². The van der Waals surface area contributed by atoms with E-state index in [4.69, 9.17) is 9.73 Å². The van der Waals surface area contributed by atoms with Gasteiger partial charge in [0, 0.05) is 16.0 Å². The molecule has 1 fully saturated rings. The fraction of sp³-hybridized carbons (Fsp3) is 0.462. The van der Waals surface area contributed by atoms with Gasteiger partial charge in [-0.2, -0.15) is 0 Å². The third-order valence-electron chi connectivity index (χ3n) is 6.87. The lowest BCUT2D eigenvalue weighted by Crippen LogP contribution is -2.27. The highest BCUT2D eigenvalue weighted by Crippen LogP contribution is 2.39. The highest BCUT2D eigenvalue weighted by Gasteiger charge is 2.33. The van der Waals surface area contributed by atoms with Crippen molar-refractivity contribution in [1.29, 1.82) is 0 Å². The van der Waals surface area contributed by atoms with Crippen molar-refractivity contribution in [2.45, 2.75) is 78.0 Å². The van der Waals surface area contributed by atoms with Gasteiger partial charge in [0.1, 0.15) is 23.0 Å². The van der Waals surface area contributed by atoms with Gasteiger partial charge in [-0.05, 0) is 58.9 Å². The molecule has 0 bridgehead atoms. The van der Waals surface area contributed by atoms with Gasteiger partial charge in [0.25, 0.3) is 0 Å². The lowest BCUT2D eigenvalue weighted by Gasteiger charge is -2.25. The largest absolute Gasteiger partial charge is 0.462 e. The van der Waals surface area contributed by atoms with Gasteiger partial charge < -0.3 is 9.84 Å². The molecule has 7 nitrogen and oxygen atoms in total. The molecule has 34 heavy (non-hydrogen) atoms. The molecule has 2 aliphatic rings. The molecule has 3 heterocycles. The summed E-state index contributed by atoms with van der Waals surface area (Å²) in [5.74, 6) is 1.15. The van der Waals surface area contributed by atoms with Crippen molar-refractivity contribution >= 4 is 23.0 Å². The minimum atomic E-state index is -0.501. The molecule has 178 valence electrons. The number of aliphatic hydroxyl groups is 1. The summed E-state index contributed by atoms with van der Waals surface area (Å²) < 4.78 is 7.84. The molecule has 1 N–H and O–H groups in total. The molecule has 3 aromatic rings. The van der Waals surface area contributed by atoms with Crippen molar-refractivity contribution in [2.24, 2.45) is 4.99 Å². The summed E-state index contributed by atoms with van der Waals surface area (Å²) in [6.45, 7) is 8.25. The summed E-state index contributed by atoms with van der Waals surface area (Å²) in [4.78, 5) is 19.4. The van der Waals surface area contributed by atoms with E-state index < -0.39 is 6.04 Å². The number of carbonyl (C=O) groups excluding carboxylic acids is 1. The zero-order chi connectivity index (χ0) is 24.0. The van der Waals surface area contributed by atoms with Gasteiger partial charge in [0.05, 0.1) is 18.2 Å². The van der Waals surface area contributed by atoms with E-state index in [1.165, 1.54) is 16.0 Å². The highest BCUT2D eigenvalue weighted by molar-refractivity contribution is 7.15. The fourth-order valence-corrected chi connectivity index (χ4v) is 6.01. The topological polar surface area (TPSA) is 89.6 Å². The van der Waals surface area contributed by atoms with E-state index >= 15 is 0 Å². The SMILES string of the molecule is Cc1ccc(C2=N[C@@H](CC(=O)O[C@H]3CC[C@H](O)CC3)c3nnc(C)n3-c3sc(C)c(C)c32)cc1. The van der Waals surface area contributed by atoms with E-state index in [1.807, 2.05) is 6.92 Å². The number of aryl methyl sites for hydroxylation is 3. The molecular weight excluding hydrogens is 448 g/mol. The number of aromatic nitrogens is 3. The fourth-order valence-electron chi connectivity index (χ4n) is 4.79. The summed E-state index contributed by atoms with van der Waals surface area (Å²) in [6, 6.07) is 7.85. The number of rotatable bonds is 4. The van der Waals surface area contributed by atoms with Gasteiger partial charge in [-0.1, -0.05) is 29.8 Å². The van der Waals surface area contributed by atoms with Crippen LogP contribution in [0, 0.1) is 27.7 Å². The second kappa shape index (κ2) is 9.07. The molecule has 0 amide bonds. The third-order valence-corrected chi connectivity index (χ3v) is 8.06. The molecule has 1 aliphatic heterocycles. The maximum absolute atomic E-state index is 13.0. The molecule has 0 spiro atoms. The minimum absolute atomic E-state index is 0.0967. The van der Waals surface area contributed by atoms with E-state index in [0.29, 0.717) is 31.5 Å². The first-order chi connectivity index (χ1) is 16.3. The predicted molar refractivity (Wildman–Crippen MR) is 132 cm³/mol. The maximum atomic E-state index is 13.0. The molecule has 1 aliphatic carbocycles. The van der Waals surface area contributed by atoms with Gasteiger partial charge in [-0.25, -0.2) is 0 Å². The highest BCUT2D eigenvalue weighted by atomic mass is 32.1. The molecule has 0 radical (unpaired) electrons. The van der Waals surface area contributed by atoms with Crippen LogP contribution in [0.2, 0.25) is 0 Å². The van der Waals surface area contributed by atoms with Crippen LogP contribution in [0.3, 0.4) is 0 Å². The summed E-state index contributed by atoms with van der Waals surface area (Å²) in [5.41, 5.74) is 5.33. The summed E-state index contributed by atoms with van der Waals surface area (Å²) in [7, 11) is 0. The number of carbonyl (C=O) groups is 1. The first-order valence-electron chi connectivity index (χ1n) is 11.9. The molecule has 1 atom stereocenters. The minimum Gasteiger partial charge on any atom is -0.462 e. The Balaban J connectivity index is 1.55. The molecule has 5 rings (SSSR count). The monoisotopic (exact) mass is 478 g/mol. The Kier molecular flexibility index (Phi) is 6.12.